The first-order valence-electron chi connectivity index (χ1n) is 14.9. The van der Waals surface area contributed by atoms with E-state index in [9.17, 15) is 27.2 Å². The predicted molar refractivity (Wildman–Crippen MR) is 149 cm³/mol. The van der Waals surface area contributed by atoms with Crippen LogP contribution >= 0.6 is 0 Å². The number of carbonyl (C=O) groups excluding carboxylic acids is 2. The normalized spacial score (nSPS) is 23.1. The molecule has 13 heteroatoms. The lowest BCUT2D eigenvalue weighted by Crippen LogP contribution is -2.45. The number of hydrogen-bond donors (Lipinski definition) is 3. The Morgan fingerprint density at radius 3 is 2.51 bits per heavy atom. The van der Waals surface area contributed by atoms with Crippen LogP contribution in [0.4, 0.5) is 17.6 Å². The number of H-pyrrole nitrogens is 1. The Balaban J connectivity index is 1.25. The molecule has 1 unspecified atom stereocenters. The largest absolute Gasteiger partial charge is 0.375 e. The molecule has 0 radical (unpaired) electrons. The summed E-state index contributed by atoms with van der Waals surface area (Å²) in [5.74, 6) is -6.16. The Labute approximate surface area is 246 Å². The summed E-state index contributed by atoms with van der Waals surface area (Å²) in [5.41, 5.74) is 2.29. The maximum absolute atomic E-state index is 14.5. The number of alkyl halides is 4. The second kappa shape index (κ2) is 11.2. The average molecular weight is 605 g/mol. The molecule has 3 heterocycles. The molecular formula is C30H36F4N6O3. The molecule has 3 atom stereocenters. The summed E-state index contributed by atoms with van der Waals surface area (Å²) in [7, 11) is 0. The molecule has 2 amide bonds. The lowest BCUT2D eigenvalue weighted by atomic mass is 9.79. The number of nitrogens with zero attached hydrogens (tertiary/aromatic N) is 3. The van der Waals surface area contributed by atoms with Gasteiger partial charge in [0.1, 0.15) is 17.6 Å². The molecule has 3 N–H and O–H groups in total. The Morgan fingerprint density at radius 1 is 1.07 bits per heavy atom. The Morgan fingerprint density at radius 2 is 1.84 bits per heavy atom. The number of halogens is 4. The molecule has 2 saturated carbocycles. The summed E-state index contributed by atoms with van der Waals surface area (Å²) in [5, 5.41) is 10.1. The summed E-state index contributed by atoms with van der Waals surface area (Å²) in [6, 6.07) is 5.69. The first-order chi connectivity index (χ1) is 20.4. The van der Waals surface area contributed by atoms with E-state index in [1.54, 1.807) is 16.8 Å². The van der Waals surface area contributed by atoms with Crippen molar-refractivity contribution in [1.29, 1.82) is 0 Å². The third-order valence-electron chi connectivity index (χ3n) is 8.59. The van der Waals surface area contributed by atoms with Crippen molar-refractivity contribution in [2.75, 3.05) is 6.61 Å². The number of imidazole rings is 1. The van der Waals surface area contributed by atoms with E-state index in [1.165, 1.54) is 6.20 Å². The maximum atomic E-state index is 14.5. The SMILES string of the molecule is CC(C)n1nccc1C(=O)N[C@H](c1nc2ccc([C@H](NC(=O)CC3CC(F)(F)C3)C3CC3)cc2[nH]1)C1CC(F)(F)CCO1. The molecular weight excluding hydrogens is 568 g/mol. The minimum absolute atomic E-state index is 0.0678. The van der Waals surface area contributed by atoms with E-state index in [-0.39, 0.29) is 67.2 Å². The number of benzene rings is 1. The smallest absolute Gasteiger partial charge is 0.270 e. The number of ether oxygens (including phenoxy) is 1. The fourth-order valence-corrected chi connectivity index (χ4v) is 6.20. The van der Waals surface area contributed by atoms with Gasteiger partial charge in [-0.05, 0) is 62.3 Å². The van der Waals surface area contributed by atoms with Crippen LogP contribution in [0.2, 0.25) is 0 Å². The highest BCUT2D eigenvalue weighted by molar-refractivity contribution is 5.93. The van der Waals surface area contributed by atoms with Crippen LogP contribution in [-0.4, -0.2) is 56.1 Å². The van der Waals surface area contributed by atoms with E-state index in [0.717, 1.165) is 18.4 Å². The summed E-state index contributed by atoms with van der Waals surface area (Å²) in [6.45, 7) is 3.61. The van der Waals surface area contributed by atoms with Gasteiger partial charge < -0.3 is 20.4 Å². The average Bonchev–Trinajstić information content (AvgIpc) is 3.46. The van der Waals surface area contributed by atoms with Crippen molar-refractivity contribution in [1.82, 2.24) is 30.4 Å². The zero-order chi connectivity index (χ0) is 30.5. The van der Waals surface area contributed by atoms with Crippen LogP contribution in [0.15, 0.2) is 30.5 Å². The number of nitrogens with one attached hydrogen (secondary N) is 3. The van der Waals surface area contributed by atoms with Crippen molar-refractivity contribution < 1.29 is 31.9 Å². The van der Waals surface area contributed by atoms with Gasteiger partial charge in [0.05, 0.1) is 29.8 Å². The van der Waals surface area contributed by atoms with Gasteiger partial charge in [-0.2, -0.15) is 5.10 Å². The fourth-order valence-electron chi connectivity index (χ4n) is 6.20. The van der Waals surface area contributed by atoms with Crippen LogP contribution in [0.25, 0.3) is 11.0 Å². The van der Waals surface area contributed by atoms with Gasteiger partial charge in [-0.25, -0.2) is 22.5 Å². The Hall–Kier alpha value is -3.48. The molecule has 3 aliphatic rings. The molecule has 1 saturated heterocycles. The molecule has 3 fully saturated rings. The van der Waals surface area contributed by atoms with Gasteiger partial charge in [0.25, 0.3) is 11.8 Å². The maximum Gasteiger partial charge on any atom is 0.270 e. The predicted octanol–water partition coefficient (Wildman–Crippen LogP) is 5.63. The zero-order valence-electron chi connectivity index (χ0n) is 24.1. The van der Waals surface area contributed by atoms with Crippen molar-refractivity contribution in [3.05, 3.63) is 47.5 Å². The summed E-state index contributed by atoms with van der Waals surface area (Å²) >= 11 is 0. The van der Waals surface area contributed by atoms with E-state index < -0.39 is 42.7 Å². The molecule has 0 spiro atoms. The number of rotatable bonds is 10. The van der Waals surface area contributed by atoms with E-state index in [2.05, 4.69) is 25.7 Å². The van der Waals surface area contributed by atoms with E-state index in [4.69, 9.17) is 4.74 Å². The number of hydrogen-bond acceptors (Lipinski definition) is 5. The highest BCUT2D eigenvalue weighted by atomic mass is 19.3. The first kappa shape index (κ1) is 29.6. The number of amides is 2. The fraction of sp³-hybridized carbons (Fsp3) is 0.600. The van der Waals surface area contributed by atoms with E-state index in [0.29, 0.717) is 11.0 Å². The van der Waals surface area contributed by atoms with Crippen LogP contribution in [0.5, 0.6) is 0 Å². The van der Waals surface area contributed by atoms with Crippen molar-refractivity contribution in [3.8, 4) is 0 Å². The monoisotopic (exact) mass is 604 g/mol. The topological polar surface area (TPSA) is 114 Å². The summed E-state index contributed by atoms with van der Waals surface area (Å²) < 4.78 is 62.8. The molecule has 1 aromatic carbocycles. The second-order valence-electron chi connectivity index (χ2n) is 12.5. The minimum Gasteiger partial charge on any atom is -0.375 e. The first-order valence-corrected chi connectivity index (χ1v) is 14.9. The van der Waals surface area contributed by atoms with Gasteiger partial charge in [0.2, 0.25) is 11.8 Å². The van der Waals surface area contributed by atoms with E-state index >= 15 is 0 Å². The number of fused-ring (bicyclic) bond motifs is 1. The van der Waals surface area contributed by atoms with Gasteiger partial charge in [-0.3, -0.25) is 14.3 Å². The molecule has 9 nitrogen and oxygen atoms in total. The quantitative estimate of drug-likeness (QED) is 0.260. The van der Waals surface area contributed by atoms with Gasteiger partial charge in [0, 0.05) is 44.3 Å². The van der Waals surface area contributed by atoms with Crippen molar-refractivity contribution in [2.24, 2.45) is 11.8 Å². The second-order valence-corrected chi connectivity index (χ2v) is 12.5. The van der Waals surface area contributed by atoms with Gasteiger partial charge >= 0.3 is 0 Å². The number of aromatic nitrogens is 4. The van der Waals surface area contributed by atoms with Crippen LogP contribution < -0.4 is 10.6 Å². The standard InChI is InChI=1S/C30H36F4N6O3/c1-16(2)40-22(7-9-35-40)28(42)39-26(23-15-29(31,32)8-10-43-23)27-36-20-6-5-19(12-21(20)37-27)25(18-3-4-18)38-24(41)11-17-13-30(33,34)14-17/h5-7,9,12,16-18,23,25-26H,3-4,8,10-11,13-15H2,1-2H3,(H,36,37)(H,38,41)(H,39,42)/t23?,25-,26+/m1/s1. The molecule has 0 bridgehead atoms. The van der Waals surface area contributed by atoms with Crippen LogP contribution in [-0.2, 0) is 9.53 Å². The van der Waals surface area contributed by atoms with Crippen molar-refractivity contribution in [3.63, 3.8) is 0 Å². The van der Waals surface area contributed by atoms with E-state index in [1.807, 2.05) is 26.0 Å². The van der Waals surface area contributed by atoms with Crippen molar-refractivity contribution in [2.45, 2.75) is 94.9 Å². The summed E-state index contributed by atoms with van der Waals surface area (Å²) in [4.78, 5) is 33.9. The van der Waals surface area contributed by atoms with Gasteiger partial charge in [-0.1, -0.05) is 6.07 Å². The molecule has 3 aromatic rings. The highest BCUT2D eigenvalue weighted by Crippen LogP contribution is 2.45. The molecule has 2 aliphatic carbocycles. The Bertz CT molecular complexity index is 1490. The highest BCUT2D eigenvalue weighted by Gasteiger charge is 2.46. The minimum atomic E-state index is -2.95. The molecule has 2 aromatic heterocycles. The Kier molecular flexibility index (Phi) is 7.72. The molecule has 43 heavy (non-hydrogen) atoms. The van der Waals surface area contributed by atoms with Gasteiger partial charge in [-0.15, -0.1) is 0 Å². The number of aromatic amines is 1. The van der Waals surface area contributed by atoms with Crippen LogP contribution in [0.3, 0.4) is 0 Å². The third-order valence-corrected chi connectivity index (χ3v) is 8.59. The lowest BCUT2D eigenvalue weighted by molar-refractivity contribution is -0.136. The molecule has 6 rings (SSSR count). The van der Waals surface area contributed by atoms with Crippen LogP contribution in [0, 0.1) is 11.8 Å². The van der Waals surface area contributed by atoms with Crippen molar-refractivity contribution >= 4 is 22.8 Å². The number of carbonyl (C=O) groups is 2. The zero-order valence-corrected chi connectivity index (χ0v) is 24.1. The van der Waals surface area contributed by atoms with Crippen LogP contribution in [0.1, 0.15) is 98.8 Å². The third kappa shape index (κ3) is 6.56. The molecule has 1 aliphatic heterocycles. The molecule has 232 valence electrons. The lowest BCUT2D eigenvalue weighted by Gasteiger charge is -2.34. The summed E-state index contributed by atoms with van der Waals surface area (Å²) in [6.07, 6.45) is 0.933. The van der Waals surface area contributed by atoms with Gasteiger partial charge in [0.15, 0.2) is 0 Å².